The summed E-state index contributed by atoms with van der Waals surface area (Å²) in [5.74, 6) is -0.987. The van der Waals surface area contributed by atoms with E-state index in [4.69, 9.17) is 22.3 Å². The van der Waals surface area contributed by atoms with Gasteiger partial charge in [-0.15, -0.1) is 0 Å². The van der Waals surface area contributed by atoms with E-state index in [1.807, 2.05) is 36.4 Å². The fraction of sp³-hybridized carbons (Fsp3) is 0.333. The number of hydrogen-bond donors (Lipinski definition) is 4. The van der Waals surface area contributed by atoms with Gasteiger partial charge >= 0.3 is 5.97 Å². The maximum atomic E-state index is 10.2. The summed E-state index contributed by atoms with van der Waals surface area (Å²) in [5, 5.41) is 8.38. The second-order valence-electron chi connectivity index (χ2n) is 3.55. The molecule has 0 aromatic heterocycles. The predicted octanol–water partition coefficient (Wildman–Crippen LogP) is 0.139. The number of aliphatic carboxylic acids is 1. The molecule has 6 heteroatoms. The van der Waals surface area contributed by atoms with Gasteiger partial charge in [0.1, 0.15) is 6.04 Å². The molecule has 0 fully saturated rings. The van der Waals surface area contributed by atoms with Crippen molar-refractivity contribution in [1.29, 1.82) is 0 Å². The number of carbonyl (C=O) groups is 1. The summed E-state index contributed by atoms with van der Waals surface area (Å²) in [6, 6.07) is 11.2. The fourth-order valence-electron chi connectivity index (χ4n) is 1.03. The summed E-state index contributed by atoms with van der Waals surface area (Å²) in [7, 11) is 0. The minimum Gasteiger partial charge on any atom is -0.480 e. The number of benzene rings is 1. The molecule has 0 heterocycles. The largest absolute Gasteiger partial charge is 0.480 e. The first-order valence-electron chi connectivity index (χ1n) is 5.58. The SMILES string of the molecule is NC(N)=NCCCC(N)C(=O)O.c1ccccc1. The number of hydrogen-bond acceptors (Lipinski definition) is 3. The Hall–Kier alpha value is -2.08. The number of carboxylic acids is 1. The van der Waals surface area contributed by atoms with Crippen LogP contribution in [0.1, 0.15) is 12.8 Å². The molecule has 0 radical (unpaired) electrons. The monoisotopic (exact) mass is 252 g/mol. The van der Waals surface area contributed by atoms with Crippen molar-refractivity contribution in [3.8, 4) is 0 Å². The molecule has 0 aliphatic carbocycles. The average Bonchev–Trinajstić information content (AvgIpc) is 2.37. The smallest absolute Gasteiger partial charge is 0.320 e. The van der Waals surface area contributed by atoms with Crippen molar-refractivity contribution in [2.75, 3.05) is 6.54 Å². The van der Waals surface area contributed by atoms with E-state index < -0.39 is 12.0 Å². The molecule has 1 atom stereocenters. The first-order chi connectivity index (χ1) is 8.54. The van der Waals surface area contributed by atoms with Crippen LogP contribution >= 0.6 is 0 Å². The van der Waals surface area contributed by atoms with Gasteiger partial charge in [-0.1, -0.05) is 36.4 Å². The van der Waals surface area contributed by atoms with Gasteiger partial charge in [0.25, 0.3) is 0 Å². The summed E-state index contributed by atoms with van der Waals surface area (Å²) in [6.45, 7) is 0.420. The van der Waals surface area contributed by atoms with E-state index in [2.05, 4.69) is 4.99 Å². The second kappa shape index (κ2) is 10.1. The zero-order chi connectivity index (χ0) is 13.8. The van der Waals surface area contributed by atoms with E-state index in [9.17, 15) is 4.79 Å². The molecule has 1 unspecified atom stereocenters. The van der Waals surface area contributed by atoms with Crippen LogP contribution in [0.5, 0.6) is 0 Å². The van der Waals surface area contributed by atoms with Gasteiger partial charge in [-0.05, 0) is 12.8 Å². The van der Waals surface area contributed by atoms with E-state index in [1.165, 1.54) is 0 Å². The van der Waals surface area contributed by atoms with E-state index in [0.717, 1.165) is 0 Å². The lowest BCUT2D eigenvalue weighted by Crippen LogP contribution is -2.30. The number of nitrogens with two attached hydrogens (primary N) is 3. The molecule has 100 valence electrons. The zero-order valence-electron chi connectivity index (χ0n) is 10.2. The van der Waals surface area contributed by atoms with Gasteiger partial charge in [0.15, 0.2) is 5.96 Å². The summed E-state index contributed by atoms with van der Waals surface area (Å²) in [5.41, 5.74) is 15.3. The van der Waals surface area contributed by atoms with Crippen LogP contribution in [0.15, 0.2) is 41.4 Å². The molecule has 0 saturated heterocycles. The second-order valence-corrected chi connectivity index (χ2v) is 3.55. The van der Waals surface area contributed by atoms with Gasteiger partial charge in [0.05, 0.1) is 0 Å². The normalized spacial score (nSPS) is 10.7. The van der Waals surface area contributed by atoms with Crippen LogP contribution in [0.25, 0.3) is 0 Å². The number of guanidine groups is 1. The van der Waals surface area contributed by atoms with Crippen LogP contribution in [0.4, 0.5) is 0 Å². The maximum Gasteiger partial charge on any atom is 0.320 e. The average molecular weight is 252 g/mol. The Morgan fingerprint density at radius 2 is 1.56 bits per heavy atom. The van der Waals surface area contributed by atoms with Crippen molar-refractivity contribution in [2.45, 2.75) is 18.9 Å². The fourth-order valence-corrected chi connectivity index (χ4v) is 1.03. The standard InChI is InChI=1S/C6H14N4O2.C6H6/c7-4(5(11)12)2-1-3-10-6(8)9;1-2-4-6-5-3-1/h4H,1-3,7H2,(H,11,12)(H4,8,9,10);1-6H. The highest BCUT2D eigenvalue weighted by Gasteiger charge is 2.09. The van der Waals surface area contributed by atoms with Crippen molar-refractivity contribution in [3.63, 3.8) is 0 Å². The van der Waals surface area contributed by atoms with Crippen LogP contribution in [0, 0.1) is 0 Å². The van der Waals surface area contributed by atoms with Crippen LogP contribution in [0.3, 0.4) is 0 Å². The summed E-state index contributed by atoms with van der Waals surface area (Å²) >= 11 is 0. The third-order valence-corrected chi connectivity index (χ3v) is 1.95. The minimum atomic E-state index is -1.00. The molecule has 0 bridgehead atoms. The van der Waals surface area contributed by atoms with Gasteiger partial charge in [0.2, 0.25) is 0 Å². The van der Waals surface area contributed by atoms with Crippen molar-refractivity contribution in [3.05, 3.63) is 36.4 Å². The molecule has 1 aromatic rings. The lowest BCUT2D eigenvalue weighted by Gasteiger charge is -2.03. The molecule has 18 heavy (non-hydrogen) atoms. The number of carboxylic acid groups (broad SMARTS) is 1. The quantitative estimate of drug-likeness (QED) is 0.336. The highest BCUT2D eigenvalue weighted by atomic mass is 16.4. The third kappa shape index (κ3) is 10.4. The van der Waals surface area contributed by atoms with E-state index >= 15 is 0 Å². The lowest BCUT2D eigenvalue weighted by molar-refractivity contribution is -0.138. The van der Waals surface area contributed by atoms with Crippen molar-refractivity contribution in [2.24, 2.45) is 22.2 Å². The van der Waals surface area contributed by atoms with Crippen LogP contribution < -0.4 is 17.2 Å². The Morgan fingerprint density at radius 3 is 1.89 bits per heavy atom. The molecule has 7 N–H and O–H groups in total. The molecule has 0 saturated carbocycles. The van der Waals surface area contributed by atoms with Crippen LogP contribution in [-0.4, -0.2) is 29.6 Å². The topological polar surface area (TPSA) is 128 Å². The Morgan fingerprint density at radius 1 is 1.11 bits per heavy atom. The molecule has 0 aliphatic rings. The molecular weight excluding hydrogens is 232 g/mol. The molecule has 6 nitrogen and oxygen atoms in total. The highest BCUT2D eigenvalue weighted by Crippen LogP contribution is 1.94. The summed E-state index contributed by atoms with van der Waals surface area (Å²) in [6.07, 6.45) is 0.956. The van der Waals surface area contributed by atoms with Gasteiger partial charge in [-0.3, -0.25) is 9.79 Å². The molecule has 0 amide bonds. The maximum absolute atomic E-state index is 10.2. The number of rotatable bonds is 5. The van der Waals surface area contributed by atoms with E-state index in [0.29, 0.717) is 19.4 Å². The number of nitrogens with zero attached hydrogens (tertiary/aromatic N) is 1. The highest BCUT2D eigenvalue weighted by molar-refractivity contribution is 5.75. The summed E-state index contributed by atoms with van der Waals surface area (Å²) in [4.78, 5) is 13.9. The zero-order valence-corrected chi connectivity index (χ0v) is 10.2. The Balaban J connectivity index is 0.000000397. The van der Waals surface area contributed by atoms with E-state index in [1.54, 1.807) is 0 Å². The van der Waals surface area contributed by atoms with Gasteiger partial charge in [-0.25, -0.2) is 0 Å². The van der Waals surface area contributed by atoms with Gasteiger partial charge < -0.3 is 22.3 Å². The minimum absolute atomic E-state index is 0.0129. The summed E-state index contributed by atoms with van der Waals surface area (Å²) < 4.78 is 0. The Kier molecular flexibility index (Phi) is 8.93. The lowest BCUT2D eigenvalue weighted by atomic mass is 10.2. The molecular formula is C12H20N4O2. The molecule has 1 aromatic carbocycles. The first-order valence-corrected chi connectivity index (χ1v) is 5.58. The van der Waals surface area contributed by atoms with Crippen LogP contribution in [0.2, 0.25) is 0 Å². The predicted molar refractivity (Wildman–Crippen MR) is 72.0 cm³/mol. The number of aliphatic imine (C=N–C) groups is 1. The van der Waals surface area contributed by atoms with Gasteiger partial charge in [0, 0.05) is 6.54 Å². The first kappa shape index (κ1) is 15.9. The molecule has 1 rings (SSSR count). The Bertz CT molecular complexity index is 324. The van der Waals surface area contributed by atoms with Crippen molar-refractivity contribution < 1.29 is 9.90 Å². The van der Waals surface area contributed by atoms with Crippen molar-refractivity contribution >= 4 is 11.9 Å². The molecule has 0 spiro atoms. The van der Waals surface area contributed by atoms with Crippen molar-refractivity contribution in [1.82, 2.24) is 0 Å². The van der Waals surface area contributed by atoms with E-state index in [-0.39, 0.29) is 5.96 Å². The van der Waals surface area contributed by atoms with Gasteiger partial charge in [-0.2, -0.15) is 0 Å². The Labute approximate surface area is 106 Å². The molecule has 0 aliphatic heterocycles. The van der Waals surface area contributed by atoms with Crippen LogP contribution in [-0.2, 0) is 4.79 Å². The third-order valence-electron chi connectivity index (χ3n) is 1.95.